The summed E-state index contributed by atoms with van der Waals surface area (Å²) in [5, 5.41) is 9.16. The fourth-order valence-electron chi connectivity index (χ4n) is 2.33. The third-order valence-electron chi connectivity index (χ3n) is 3.24. The summed E-state index contributed by atoms with van der Waals surface area (Å²) in [6.07, 6.45) is 0.475. The summed E-state index contributed by atoms with van der Waals surface area (Å²) >= 11 is 1.36. The van der Waals surface area contributed by atoms with Gasteiger partial charge in [0.1, 0.15) is 5.01 Å². The molecule has 2 heterocycles. The van der Waals surface area contributed by atoms with E-state index in [9.17, 15) is 4.79 Å². The van der Waals surface area contributed by atoms with Gasteiger partial charge in [-0.1, -0.05) is 23.5 Å². The fourth-order valence-corrected chi connectivity index (χ4v) is 3.03. The second-order valence-electron chi connectivity index (χ2n) is 4.72. The quantitative estimate of drug-likeness (QED) is 0.908. The van der Waals surface area contributed by atoms with Gasteiger partial charge in [0.05, 0.1) is 0 Å². The van der Waals surface area contributed by atoms with Crippen LogP contribution in [0, 0.1) is 6.92 Å². The summed E-state index contributed by atoms with van der Waals surface area (Å²) in [4.78, 5) is 13.9. The molecule has 2 N–H and O–H groups in total. The molecule has 1 aromatic heterocycles. The van der Waals surface area contributed by atoms with Gasteiger partial charge in [0, 0.05) is 24.6 Å². The Hall–Kier alpha value is -1.95. The van der Waals surface area contributed by atoms with Crippen molar-refractivity contribution in [2.24, 2.45) is 0 Å². The zero-order chi connectivity index (χ0) is 13.4. The lowest BCUT2D eigenvalue weighted by atomic mass is 10.1. The SMILES string of the molecule is Cc1cccc(N2C[C@@H](c3nnc(N)s3)CC2=O)c1. The maximum absolute atomic E-state index is 12.1. The number of benzene rings is 1. The molecule has 0 spiro atoms. The number of aromatic nitrogens is 2. The van der Waals surface area contributed by atoms with E-state index in [1.54, 1.807) is 0 Å². The highest BCUT2D eigenvalue weighted by atomic mass is 32.1. The summed E-state index contributed by atoms with van der Waals surface area (Å²) in [5.41, 5.74) is 7.69. The minimum Gasteiger partial charge on any atom is -0.374 e. The first kappa shape index (κ1) is 12.1. The Balaban J connectivity index is 1.84. The number of aryl methyl sites for hydroxylation is 1. The Kier molecular flexibility index (Phi) is 2.94. The van der Waals surface area contributed by atoms with Crippen LogP contribution in [0.25, 0.3) is 0 Å². The monoisotopic (exact) mass is 274 g/mol. The lowest BCUT2D eigenvalue weighted by molar-refractivity contribution is -0.117. The first-order valence-electron chi connectivity index (χ1n) is 6.09. The number of nitrogen functional groups attached to an aromatic ring is 1. The molecule has 1 amide bonds. The van der Waals surface area contributed by atoms with Crippen molar-refractivity contribution in [1.82, 2.24) is 10.2 Å². The van der Waals surface area contributed by atoms with Gasteiger partial charge < -0.3 is 10.6 Å². The van der Waals surface area contributed by atoms with E-state index in [4.69, 9.17) is 5.73 Å². The van der Waals surface area contributed by atoms with Crippen molar-refractivity contribution in [3.05, 3.63) is 34.8 Å². The summed E-state index contributed by atoms with van der Waals surface area (Å²) in [6, 6.07) is 7.97. The topological polar surface area (TPSA) is 72.1 Å². The molecule has 1 aliphatic rings. The van der Waals surface area contributed by atoms with Gasteiger partial charge >= 0.3 is 0 Å². The Morgan fingerprint density at radius 3 is 2.95 bits per heavy atom. The molecule has 98 valence electrons. The van der Waals surface area contributed by atoms with Gasteiger partial charge in [-0.15, -0.1) is 10.2 Å². The Labute approximate surface area is 115 Å². The third kappa shape index (κ3) is 2.31. The van der Waals surface area contributed by atoms with Crippen LogP contribution in [0.3, 0.4) is 0 Å². The van der Waals surface area contributed by atoms with E-state index >= 15 is 0 Å². The Bertz CT molecular complexity index is 625. The number of nitrogens with two attached hydrogens (primary N) is 1. The number of rotatable bonds is 2. The average molecular weight is 274 g/mol. The number of carbonyl (C=O) groups is 1. The lowest BCUT2D eigenvalue weighted by Crippen LogP contribution is -2.24. The maximum atomic E-state index is 12.1. The zero-order valence-corrected chi connectivity index (χ0v) is 11.4. The summed E-state index contributed by atoms with van der Waals surface area (Å²) in [5.74, 6) is 0.229. The average Bonchev–Trinajstić information content (AvgIpc) is 2.95. The number of hydrogen-bond donors (Lipinski definition) is 1. The van der Waals surface area contributed by atoms with Crippen molar-refractivity contribution in [3.63, 3.8) is 0 Å². The van der Waals surface area contributed by atoms with E-state index in [1.807, 2.05) is 36.1 Å². The van der Waals surface area contributed by atoms with E-state index in [2.05, 4.69) is 10.2 Å². The van der Waals surface area contributed by atoms with Crippen molar-refractivity contribution in [2.75, 3.05) is 17.2 Å². The van der Waals surface area contributed by atoms with Crippen molar-refractivity contribution in [3.8, 4) is 0 Å². The molecule has 1 saturated heterocycles. The van der Waals surface area contributed by atoms with E-state index in [1.165, 1.54) is 11.3 Å². The van der Waals surface area contributed by atoms with Crippen LogP contribution in [0.15, 0.2) is 24.3 Å². The third-order valence-corrected chi connectivity index (χ3v) is 4.16. The molecular formula is C13H14N4OS. The van der Waals surface area contributed by atoms with Crippen LogP contribution in [0.1, 0.15) is 22.9 Å². The van der Waals surface area contributed by atoms with Crippen molar-refractivity contribution < 1.29 is 4.79 Å². The Morgan fingerprint density at radius 1 is 1.42 bits per heavy atom. The number of amides is 1. The van der Waals surface area contributed by atoms with Crippen LogP contribution < -0.4 is 10.6 Å². The second-order valence-corrected chi connectivity index (χ2v) is 5.76. The largest absolute Gasteiger partial charge is 0.374 e. The van der Waals surface area contributed by atoms with Gasteiger partial charge in [0.15, 0.2) is 0 Å². The van der Waals surface area contributed by atoms with E-state index in [0.29, 0.717) is 18.1 Å². The van der Waals surface area contributed by atoms with Crippen LogP contribution in [-0.4, -0.2) is 22.6 Å². The molecule has 6 heteroatoms. The van der Waals surface area contributed by atoms with E-state index in [-0.39, 0.29) is 11.8 Å². The molecule has 0 aliphatic carbocycles. The summed E-state index contributed by atoms with van der Waals surface area (Å²) in [7, 11) is 0. The van der Waals surface area contributed by atoms with E-state index in [0.717, 1.165) is 16.3 Å². The smallest absolute Gasteiger partial charge is 0.227 e. The molecule has 1 fully saturated rings. The number of carbonyl (C=O) groups excluding carboxylic acids is 1. The van der Waals surface area contributed by atoms with Crippen LogP contribution in [0.4, 0.5) is 10.8 Å². The van der Waals surface area contributed by atoms with Gasteiger partial charge in [-0.05, 0) is 24.6 Å². The highest BCUT2D eigenvalue weighted by Gasteiger charge is 2.33. The van der Waals surface area contributed by atoms with Crippen LogP contribution in [0.5, 0.6) is 0 Å². The van der Waals surface area contributed by atoms with Gasteiger partial charge in [0.2, 0.25) is 11.0 Å². The number of hydrogen-bond acceptors (Lipinski definition) is 5. The summed E-state index contributed by atoms with van der Waals surface area (Å²) in [6.45, 7) is 2.67. The predicted octanol–water partition coefficient (Wildman–Crippen LogP) is 1.95. The zero-order valence-electron chi connectivity index (χ0n) is 10.5. The first-order chi connectivity index (χ1) is 9.13. The molecule has 0 unspecified atom stereocenters. The summed E-state index contributed by atoms with van der Waals surface area (Å²) < 4.78 is 0. The molecule has 2 aromatic rings. The molecular weight excluding hydrogens is 260 g/mol. The maximum Gasteiger partial charge on any atom is 0.227 e. The minimum atomic E-state index is 0.0998. The highest BCUT2D eigenvalue weighted by molar-refractivity contribution is 7.15. The molecule has 3 rings (SSSR count). The van der Waals surface area contributed by atoms with Gasteiger partial charge in [0.25, 0.3) is 0 Å². The van der Waals surface area contributed by atoms with E-state index < -0.39 is 0 Å². The van der Waals surface area contributed by atoms with Crippen LogP contribution in [0.2, 0.25) is 0 Å². The highest BCUT2D eigenvalue weighted by Crippen LogP contribution is 2.33. The molecule has 1 atom stereocenters. The normalized spacial score (nSPS) is 19.1. The van der Waals surface area contributed by atoms with Crippen LogP contribution in [-0.2, 0) is 4.79 Å². The van der Waals surface area contributed by atoms with Gasteiger partial charge in [-0.2, -0.15) is 0 Å². The standard InChI is InChI=1S/C13H14N4OS/c1-8-3-2-4-10(5-8)17-7-9(6-11(17)18)12-15-16-13(14)19-12/h2-5,9H,6-7H2,1H3,(H2,14,16)/t9-/m0/s1. The van der Waals surface area contributed by atoms with Crippen molar-refractivity contribution in [2.45, 2.75) is 19.3 Å². The molecule has 1 aromatic carbocycles. The molecule has 0 saturated carbocycles. The second kappa shape index (κ2) is 4.62. The first-order valence-corrected chi connectivity index (χ1v) is 6.91. The molecule has 19 heavy (non-hydrogen) atoms. The number of anilines is 2. The van der Waals surface area contributed by atoms with Crippen molar-refractivity contribution in [1.29, 1.82) is 0 Å². The fraction of sp³-hybridized carbons (Fsp3) is 0.308. The van der Waals surface area contributed by atoms with Gasteiger partial charge in [-0.3, -0.25) is 4.79 Å². The molecule has 5 nitrogen and oxygen atoms in total. The predicted molar refractivity (Wildman–Crippen MR) is 75.2 cm³/mol. The van der Waals surface area contributed by atoms with Crippen molar-refractivity contribution >= 4 is 28.1 Å². The van der Waals surface area contributed by atoms with Crippen LogP contribution >= 0.6 is 11.3 Å². The minimum absolute atomic E-state index is 0.0998. The number of nitrogens with zero attached hydrogens (tertiary/aromatic N) is 3. The Morgan fingerprint density at radius 2 is 2.26 bits per heavy atom. The molecule has 0 radical (unpaired) electrons. The molecule has 0 bridgehead atoms. The lowest BCUT2D eigenvalue weighted by Gasteiger charge is -2.16. The molecule has 1 aliphatic heterocycles. The van der Waals surface area contributed by atoms with Gasteiger partial charge in [-0.25, -0.2) is 0 Å².